The third kappa shape index (κ3) is 5.40. The molecule has 3 heterocycles. The third-order valence-corrected chi connectivity index (χ3v) is 8.75. The minimum atomic E-state index is -1.29. The van der Waals surface area contributed by atoms with Gasteiger partial charge in [0.05, 0.1) is 36.0 Å². The number of nitrogens with zero attached hydrogens (tertiary/aromatic N) is 3. The van der Waals surface area contributed by atoms with E-state index >= 15 is 13.2 Å². The molecule has 1 N–H and O–H groups in total. The van der Waals surface area contributed by atoms with Gasteiger partial charge in [-0.05, 0) is 60.9 Å². The molecule has 1 aliphatic carbocycles. The van der Waals surface area contributed by atoms with E-state index in [9.17, 15) is 14.3 Å². The molecular formula is C33H24ClF4N3O4. The minimum absolute atomic E-state index is 0.0268. The van der Waals surface area contributed by atoms with Gasteiger partial charge in [-0.2, -0.15) is 0 Å². The molecule has 1 saturated heterocycles. The van der Waals surface area contributed by atoms with Gasteiger partial charge in [0.15, 0.2) is 5.82 Å². The van der Waals surface area contributed by atoms with Crippen molar-refractivity contribution in [2.24, 2.45) is 5.41 Å². The fourth-order valence-corrected chi connectivity index (χ4v) is 6.11. The topological polar surface area (TPSA) is 86.5 Å². The van der Waals surface area contributed by atoms with Crippen molar-refractivity contribution in [2.45, 2.75) is 31.9 Å². The van der Waals surface area contributed by atoms with Gasteiger partial charge in [0.1, 0.15) is 35.4 Å². The summed E-state index contributed by atoms with van der Waals surface area (Å²) < 4.78 is 73.5. The Hall–Kier alpha value is -4.48. The molecule has 45 heavy (non-hydrogen) atoms. The van der Waals surface area contributed by atoms with Crippen molar-refractivity contribution in [1.82, 2.24) is 14.5 Å². The quantitative estimate of drug-likeness (QED) is 0.177. The second-order valence-corrected chi connectivity index (χ2v) is 11.8. The minimum Gasteiger partial charge on any atom is -0.478 e. The monoisotopic (exact) mass is 637 g/mol. The number of carboxylic acids is 1. The summed E-state index contributed by atoms with van der Waals surface area (Å²) >= 11 is 5.79. The van der Waals surface area contributed by atoms with Crippen LogP contribution < -0.4 is 4.74 Å². The highest BCUT2D eigenvalue weighted by molar-refractivity contribution is 6.30. The number of rotatable bonds is 8. The van der Waals surface area contributed by atoms with Gasteiger partial charge in [-0.25, -0.2) is 32.3 Å². The lowest BCUT2D eigenvalue weighted by atomic mass is 9.99. The maximum absolute atomic E-state index is 15.6. The Balaban J connectivity index is 1.21. The number of carbonyl (C=O) groups is 1. The summed E-state index contributed by atoms with van der Waals surface area (Å²) in [5.74, 6) is -3.81. The molecule has 1 spiro atoms. The van der Waals surface area contributed by atoms with Crippen LogP contribution in [0, 0.1) is 28.7 Å². The number of ether oxygens (including phenoxy) is 2. The summed E-state index contributed by atoms with van der Waals surface area (Å²) in [7, 11) is 0. The zero-order valence-corrected chi connectivity index (χ0v) is 24.3. The number of hydrogen-bond donors (Lipinski definition) is 1. The zero-order valence-electron chi connectivity index (χ0n) is 23.5. The second-order valence-electron chi connectivity index (χ2n) is 11.4. The number of carboxylic acid groups (broad SMARTS) is 1. The Labute approximate surface area is 259 Å². The average molecular weight is 638 g/mol. The van der Waals surface area contributed by atoms with Crippen molar-refractivity contribution < 1.29 is 36.9 Å². The van der Waals surface area contributed by atoms with Gasteiger partial charge in [-0.15, -0.1) is 0 Å². The smallest absolute Gasteiger partial charge is 0.335 e. The maximum Gasteiger partial charge on any atom is 0.335 e. The van der Waals surface area contributed by atoms with Crippen LogP contribution in [-0.4, -0.2) is 38.8 Å². The Bertz CT molecular complexity index is 2000. The Morgan fingerprint density at radius 1 is 0.978 bits per heavy atom. The van der Waals surface area contributed by atoms with E-state index in [1.807, 2.05) is 0 Å². The van der Waals surface area contributed by atoms with E-state index in [2.05, 4.69) is 9.97 Å². The highest BCUT2D eigenvalue weighted by Gasteiger charge is 2.55. The van der Waals surface area contributed by atoms with Gasteiger partial charge >= 0.3 is 5.97 Å². The zero-order chi connectivity index (χ0) is 31.5. The van der Waals surface area contributed by atoms with Gasteiger partial charge in [-0.3, -0.25) is 0 Å². The number of halogens is 5. The molecular weight excluding hydrogens is 614 g/mol. The molecule has 2 aliphatic rings. The molecule has 3 aromatic carbocycles. The highest BCUT2D eigenvalue weighted by Crippen LogP contribution is 2.58. The lowest BCUT2D eigenvalue weighted by Gasteiger charge is -2.22. The van der Waals surface area contributed by atoms with Crippen molar-refractivity contribution in [2.75, 3.05) is 13.2 Å². The number of fused-ring (bicyclic) bond motifs is 1. The summed E-state index contributed by atoms with van der Waals surface area (Å²) in [6, 6.07) is 12.8. The van der Waals surface area contributed by atoms with Crippen LogP contribution in [0.3, 0.4) is 0 Å². The van der Waals surface area contributed by atoms with Crippen molar-refractivity contribution >= 4 is 28.6 Å². The fourth-order valence-electron chi connectivity index (χ4n) is 5.96. The molecule has 2 aromatic heterocycles. The summed E-state index contributed by atoms with van der Waals surface area (Å²) in [5, 5.41) is 9.79. The molecule has 0 bridgehead atoms. The first-order valence-electron chi connectivity index (χ1n) is 14.2. The highest BCUT2D eigenvalue weighted by atomic mass is 35.5. The molecule has 230 valence electrons. The van der Waals surface area contributed by atoms with Gasteiger partial charge in [0.25, 0.3) is 0 Å². The van der Waals surface area contributed by atoms with Gasteiger partial charge in [0, 0.05) is 34.1 Å². The van der Waals surface area contributed by atoms with E-state index in [1.165, 1.54) is 30.3 Å². The molecule has 12 heteroatoms. The third-order valence-electron chi connectivity index (χ3n) is 8.52. The van der Waals surface area contributed by atoms with E-state index in [0.717, 1.165) is 37.1 Å². The molecule has 7 nitrogen and oxygen atoms in total. The average Bonchev–Trinajstić information content (AvgIpc) is 3.54. The van der Waals surface area contributed by atoms with Gasteiger partial charge in [-0.1, -0.05) is 23.7 Å². The summed E-state index contributed by atoms with van der Waals surface area (Å²) in [6.45, 7) is 0.653. The van der Waals surface area contributed by atoms with Crippen molar-refractivity contribution in [3.05, 3.63) is 111 Å². The second kappa shape index (κ2) is 11.1. The number of aromatic nitrogens is 3. The van der Waals surface area contributed by atoms with Crippen LogP contribution in [-0.2, 0) is 17.8 Å². The molecule has 1 aliphatic heterocycles. The molecule has 0 amide bonds. The molecule has 1 atom stereocenters. The SMILES string of the molecule is O=C(O)c1cc(F)c2nc(Cc3cc(F)c(-c4cccc(OCc5ccc(Cl)cc5F)n4)cc3F)n(C3COCC34CC4)c2c1. The standard InChI is InChI=1S/C33H24ClF4N3O4/c34-20-5-4-17(22(35)12-20)14-45-30-3-1-2-26(39-30)21-13-23(36)18(8-24(21)37)11-29-40-31-25(38)9-19(32(42)43)10-27(31)41(29)28-15-44-16-33(28)6-7-33/h1-5,8-10,12-13,28H,6-7,11,14-16H2,(H,42,43). The van der Waals surface area contributed by atoms with Crippen molar-refractivity contribution in [3.8, 4) is 17.1 Å². The van der Waals surface area contributed by atoms with Gasteiger partial charge < -0.3 is 19.1 Å². The molecule has 1 unspecified atom stereocenters. The van der Waals surface area contributed by atoms with Crippen molar-refractivity contribution in [3.63, 3.8) is 0 Å². The molecule has 2 fully saturated rings. The van der Waals surface area contributed by atoms with Crippen molar-refractivity contribution in [1.29, 1.82) is 0 Å². The molecule has 7 rings (SSSR count). The maximum atomic E-state index is 15.6. The van der Waals surface area contributed by atoms with E-state index in [4.69, 9.17) is 21.1 Å². The summed E-state index contributed by atoms with van der Waals surface area (Å²) in [4.78, 5) is 20.4. The normalized spacial score (nSPS) is 16.9. The predicted octanol–water partition coefficient (Wildman–Crippen LogP) is 7.53. The summed E-state index contributed by atoms with van der Waals surface area (Å²) in [6.07, 6.45) is 1.56. The van der Waals surface area contributed by atoms with E-state index < -0.39 is 29.2 Å². The van der Waals surface area contributed by atoms with E-state index in [0.29, 0.717) is 13.2 Å². The first-order chi connectivity index (χ1) is 21.6. The number of hydrogen-bond acceptors (Lipinski definition) is 5. The first-order valence-corrected chi connectivity index (χ1v) is 14.5. The van der Waals surface area contributed by atoms with E-state index in [1.54, 1.807) is 10.6 Å². The van der Waals surface area contributed by atoms with Gasteiger partial charge in [0.2, 0.25) is 5.88 Å². The van der Waals surface area contributed by atoms with Crippen LogP contribution in [0.15, 0.2) is 60.7 Å². The Morgan fingerprint density at radius 2 is 1.78 bits per heavy atom. The number of aromatic carboxylic acids is 1. The Kier molecular flexibility index (Phi) is 7.25. The molecule has 5 aromatic rings. The van der Waals surface area contributed by atoms with Crippen LogP contribution in [0.2, 0.25) is 5.02 Å². The largest absolute Gasteiger partial charge is 0.478 e. The number of pyridine rings is 1. The van der Waals surface area contributed by atoms with Crippen LogP contribution in [0.4, 0.5) is 17.6 Å². The predicted molar refractivity (Wildman–Crippen MR) is 156 cm³/mol. The fraction of sp³-hybridized carbons (Fsp3) is 0.242. The van der Waals surface area contributed by atoms with Crippen LogP contribution >= 0.6 is 11.6 Å². The number of imidazole rings is 1. The summed E-state index contributed by atoms with van der Waals surface area (Å²) in [5.41, 5.74) is -0.0152. The van der Waals surface area contributed by atoms with Crippen LogP contribution in [0.5, 0.6) is 5.88 Å². The molecule has 1 saturated carbocycles. The number of benzene rings is 3. The van der Waals surface area contributed by atoms with Crippen LogP contribution in [0.1, 0.15) is 46.2 Å². The molecule has 0 radical (unpaired) electrons. The lowest BCUT2D eigenvalue weighted by molar-refractivity contribution is 0.0696. The first kappa shape index (κ1) is 29.2. The van der Waals surface area contributed by atoms with E-state index in [-0.39, 0.29) is 80.2 Å². The van der Waals surface area contributed by atoms with Crippen LogP contribution in [0.25, 0.3) is 22.3 Å². The lowest BCUT2D eigenvalue weighted by Crippen LogP contribution is -2.21. The Morgan fingerprint density at radius 3 is 2.53 bits per heavy atom.